The third-order valence-corrected chi connectivity index (χ3v) is 12.8. The molecular formula is C47H58F2N10O5. The minimum atomic E-state index is -2.70. The van der Waals surface area contributed by atoms with E-state index in [1.54, 1.807) is 13.8 Å². The van der Waals surface area contributed by atoms with Crippen LogP contribution in [0.1, 0.15) is 82.4 Å². The van der Waals surface area contributed by atoms with Gasteiger partial charge in [-0.2, -0.15) is 9.97 Å². The summed E-state index contributed by atoms with van der Waals surface area (Å²) < 4.78 is 101. The van der Waals surface area contributed by atoms with Gasteiger partial charge in [0.1, 0.15) is 34.2 Å². The summed E-state index contributed by atoms with van der Waals surface area (Å²) in [5, 5.41) is 16.1. The van der Waals surface area contributed by atoms with E-state index in [-0.39, 0.29) is 28.4 Å². The second-order valence-corrected chi connectivity index (χ2v) is 17.4. The molecule has 2 aromatic carbocycles. The summed E-state index contributed by atoms with van der Waals surface area (Å²) in [7, 11) is -5.39. The lowest BCUT2D eigenvalue weighted by molar-refractivity contribution is 0.0650. The van der Waals surface area contributed by atoms with Crippen LogP contribution in [0.2, 0.25) is 0 Å². The van der Waals surface area contributed by atoms with E-state index in [1.807, 2.05) is 13.8 Å². The van der Waals surface area contributed by atoms with Crippen molar-refractivity contribution in [3.63, 3.8) is 0 Å². The minimum Gasteiger partial charge on any atom is -0.497 e. The fraction of sp³-hybridized carbons (Fsp3) is 0.532. The molecule has 64 heavy (non-hydrogen) atoms. The van der Waals surface area contributed by atoms with Crippen LogP contribution in [-0.2, 0) is 4.74 Å². The Balaban J connectivity index is 0.000000174. The van der Waals surface area contributed by atoms with Crippen molar-refractivity contribution in [3.8, 4) is 34.4 Å². The van der Waals surface area contributed by atoms with Gasteiger partial charge < -0.3 is 43.7 Å². The summed E-state index contributed by atoms with van der Waals surface area (Å²) in [6, 6.07) is 6.33. The number of methoxy groups -OCH3 is 2. The van der Waals surface area contributed by atoms with Gasteiger partial charge in [-0.25, -0.2) is 18.7 Å². The first-order chi connectivity index (χ1) is 33.4. The summed E-state index contributed by atoms with van der Waals surface area (Å²) in [5.74, 6) is 2.07. The number of fused-ring (bicyclic) bond motifs is 2. The zero-order valence-corrected chi connectivity index (χ0v) is 36.6. The molecule has 4 aromatic heterocycles. The molecule has 1 saturated carbocycles. The lowest BCUT2D eigenvalue weighted by Crippen LogP contribution is -2.48. The average molecular weight is 887 g/mol. The van der Waals surface area contributed by atoms with E-state index in [0.29, 0.717) is 80.3 Å². The second-order valence-electron chi connectivity index (χ2n) is 17.4. The van der Waals surface area contributed by atoms with Crippen molar-refractivity contribution < 1.29 is 40.3 Å². The summed E-state index contributed by atoms with van der Waals surface area (Å²) in [4.78, 5) is 22.5. The van der Waals surface area contributed by atoms with Crippen molar-refractivity contribution >= 4 is 33.4 Å². The lowest BCUT2D eigenvalue weighted by Gasteiger charge is -2.36. The topological polar surface area (TPSA) is 162 Å². The number of hydrogen-bond acceptors (Lipinski definition) is 15. The minimum absolute atomic E-state index is 0.0853. The van der Waals surface area contributed by atoms with Gasteiger partial charge in [-0.3, -0.25) is 0 Å². The molecular weight excluding hydrogens is 823 g/mol. The van der Waals surface area contributed by atoms with E-state index in [0.717, 1.165) is 103 Å². The lowest BCUT2D eigenvalue weighted by atomic mass is 9.99. The van der Waals surface area contributed by atoms with Crippen LogP contribution in [0.25, 0.3) is 44.7 Å². The molecule has 6 aromatic rings. The molecule has 1 aliphatic carbocycles. The first-order valence-corrected chi connectivity index (χ1v) is 22.2. The molecule has 1 atom stereocenters. The average Bonchev–Trinajstić information content (AvgIpc) is 3.89. The van der Waals surface area contributed by atoms with Gasteiger partial charge in [-0.05, 0) is 115 Å². The Morgan fingerprint density at radius 2 is 1.19 bits per heavy atom. The maximum Gasteiger partial charge on any atom is 0.261 e. The van der Waals surface area contributed by atoms with Gasteiger partial charge in [0.25, 0.3) is 11.8 Å². The Morgan fingerprint density at radius 1 is 0.672 bits per heavy atom. The van der Waals surface area contributed by atoms with Gasteiger partial charge in [0, 0.05) is 73.8 Å². The maximum atomic E-state index is 15.2. The number of aromatic nitrogens is 6. The summed E-state index contributed by atoms with van der Waals surface area (Å²) in [5.41, 5.74) is 2.86. The van der Waals surface area contributed by atoms with Crippen molar-refractivity contribution in [1.29, 1.82) is 0 Å². The number of piperidine rings is 2. The number of hydrogen-bond donors (Lipinski definition) is 2. The maximum absolute atomic E-state index is 15.2. The van der Waals surface area contributed by atoms with Crippen LogP contribution in [0.3, 0.4) is 0 Å². The Labute approximate surface area is 380 Å². The highest BCUT2D eigenvalue weighted by atomic mass is 19.1. The van der Waals surface area contributed by atoms with E-state index >= 15 is 8.78 Å². The van der Waals surface area contributed by atoms with Gasteiger partial charge in [0.15, 0.2) is 23.3 Å². The Bertz CT molecular complexity index is 2820. The zero-order chi connectivity index (χ0) is 49.5. The van der Waals surface area contributed by atoms with Crippen LogP contribution in [0.4, 0.5) is 20.4 Å². The molecule has 7 heterocycles. The smallest absolute Gasteiger partial charge is 0.261 e. The Morgan fingerprint density at radius 3 is 1.62 bits per heavy atom. The van der Waals surface area contributed by atoms with Crippen molar-refractivity contribution in [2.45, 2.75) is 97.2 Å². The van der Waals surface area contributed by atoms with Crippen LogP contribution in [0.5, 0.6) is 11.5 Å². The van der Waals surface area contributed by atoms with E-state index in [4.69, 9.17) is 41.4 Å². The number of nitrogens with zero attached hydrogens (tertiary/aromatic N) is 8. The SMILES string of the molecule is [2H]C([2H])([2H])Oc1cc(F)c2nc(N3CCC(NCC4CC4)CC3)c(-c3nc(C)no3)c(C)c2c1.[2H]C([2H])([2H])Oc1cc(F)c2nc(N3CCC(N[C@@H]4CCCOC4)CC3)c(-c3nc(C)no3)c(C)c2c1. The highest BCUT2D eigenvalue weighted by Gasteiger charge is 2.31. The third kappa shape index (κ3) is 9.33. The predicted molar refractivity (Wildman–Crippen MR) is 240 cm³/mol. The molecule has 0 bridgehead atoms. The first-order valence-electron chi connectivity index (χ1n) is 25.2. The number of rotatable bonds is 11. The number of anilines is 2. The van der Waals surface area contributed by atoms with Crippen LogP contribution in [-0.4, -0.2) is 108 Å². The Hall–Kier alpha value is -5.52. The van der Waals surface area contributed by atoms with Gasteiger partial charge in [0.05, 0.1) is 40.0 Å². The molecule has 2 N–H and O–H groups in total. The first kappa shape index (κ1) is 36.8. The van der Waals surface area contributed by atoms with Gasteiger partial charge >= 0.3 is 0 Å². The summed E-state index contributed by atoms with van der Waals surface area (Å²) in [6.45, 7) is 12.8. The van der Waals surface area contributed by atoms with Gasteiger partial charge in [-0.15, -0.1) is 0 Å². The number of pyridine rings is 2. The van der Waals surface area contributed by atoms with E-state index in [9.17, 15) is 0 Å². The van der Waals surface area contributed by atoms with Crippen molar-refractivity contribution in [2.75, 3.05) is 69.8 Å². The fourth-order valence-electron chi connectivity index (χ4n) is 9.17. The van der Waals surface area contributed by atoms with Gasteiger partial charge in [-0.1, -0.05) is 10.3 Å². The quantitative estimate of drug-likeness (QED) is 0.130. The van der Waals surface area contributed by atoms with E-state index < -0.39 is 25.7 Å². The standard InChI is InChI=1S/C24H30FN5O3.C23H28FN5O2/c1-14-19-11-18(31-3)12-20(25)22(19)28-23(21(14)24-26-15(2)29-33-24)30-8-6-16(7-9-30)27-17-5-4-10-32-13-17;1-13-18-10-17(30-3)11-19(24)21(18)27-22(20(13)23-26-14(2)28-31-23)29-8-6-16(7-9-29)25-12-15-4-5-15/h11-12,16-17,27H,4-10,13H2,1-3H3;10-11,15-16,25H,4-9,12H2,1-3H3/t17-;/m1./s1/i2*3D3. The van der Waals surface area contributed by atoms with Crippen molar-refractivity contribution in [3.05, 3.63) is 58.7 Å². The second kappa shape index (κ2) is 18.9. The number of nitrogens with one attached hydrogen (secondary N) is 2. The molecule has 17 heteroatoms. The molecule has 3 saturated heterocycles. The monoisotopic (exact) mass is 886 g/mol. The predicted octanol–water partition coefficient (Wildman–Crippen LogP) is 7.80. The summed E-state index contributed by atoms with van der Waals surface area (Å²) >= 11 is 0. The van der Waals surface area contributed by atoms with Crippen LogP contribution < -0.4 is 29.9 Å². The zero-order valence-electron chi connectivity index (χ0n) is 42.6. The molecule has 15 nitrogen and oxygen atoms in total. The number of aryl methyl sites for hydroxylation is 4. The molecule has 0 radical (unpaired) electrons. The largest absolute Gasteiger partial charge is 0.497 e. The van der Waals surface area contributed by atoms with Crippen molar-refractivity contribution in [2.24, 2.45) is 5.92 Å². The van der Waals surface area contributed by atoms with E-state index in [2.05, 4.69) is 40.7 Å². The normalized spacial score (nSPS) is 20.5. The molecule has 0 amide bonds. The van der Waals surface area contributed by atoms with Gasteiger partial charge in [0.2, 0.25) is 0 Å². The summed E-state index contributed by atoms with van der Waals surface area (Å²) in [6.07, 6.45) is 8.58. The third-order valence-electron chi connectivity index (χ3n) is 12.8. The highest BCUT2D eigenvalue weighted by Crippen LogP contribution is 2.41. The molecule has 3 aliphatic heterocycles. The molecule has 0 spiro atoms. The molecule has 0 unspecified atom stereocenters. The van der Waals surface area contributed by atoms with Crippen LogP contribution in [0, 0.1) is 45.2 Å². The highest BCUT2D eigenvalue weighted by molar-refractivity contribution is 5.94. The Kier molecular flexibility index (Phi) is 10.9. The number of ether oxygens (including phenoxy) is 3. The number of halogens is 2. The van der Waals surface area contributed by atoms with Crippen molar-refractivity contribution in [1.82, 2.24) is 40.9 Å². The fourth-order valence-corrected chi connectivity index (χ4v) is 9.17. The van der Waals surface area contributed by atoms with E-state index in [1.165, 1.54) is 25.0 Å². The molecule has 10 rings (SSSR count). The molecule has 340 valence electrons. The number of benzene rings is 2. The molecule has 4 aliphatic rings. The van der Waals surface area contributed by atoms with Crippen LogP contribution >= 0.6 is 0 Å². The van der Waals surface area contributed by atoms with Crippen LogP contribution in [0.15, 0.2) is 33.3 Å². The molecule has 4 fully saturated rings.